The van der Waals surface area contributed by atoms with Gasteiger partial charge in [0.1, 0.15) is 0 Å². The molecular formula is C12H11F3INO. The normalized spacial score (nSPS) is 15.6. The molecule has 0 saturated heterocycles. The van der Waals surface area contributed by atoms with Crippen LogP contribution in [0.15, 0.2) is 18.2 Å². The van der Waals surface area contributed by atoms with Gasteiger partial charge in [0, 0.05) is 22.2 Å². The zero-order valence-corrected chi connectivity index (χ0v) is 11.7. The van der Waals surface area contributed by atoms with Gasteiger partial charge in [-0.1, -0.05) is 0 Å². The number of halogens is 4. The highest BCUT2D eigenvalue weighted by atomic mass is 127. The third-order valence-electron chi connectivity index (χ3n) is 2.89. The number of amides is 1. The Kier molecular flexibility index (Phi) is 3.57. The molecule has 1 aromatic carbocycles. The van der Waals surface area contributed by atoms with Crippen LogP contribution in [0.2, 0.25) is 0 Å². The van der Waals surface area contributed by atoms with Gasteiger partial charge in [0.2, 0.25) is 0 Å². The lowest BCUT2D eigenvalue weighted by atomic mass is 10.1. The maximum absolute atomic E-state index is 12.7. The van der Waals surface area contributed by atoms with Crippen LogP contribution < -0.4 is 0 Å². The number of benzene rings is 1. The predicted molar refractivity (Wildman–Crippen MR) is 69.3 cm³/mol. The van der Waals surface area contributed by atoms with Crippen molar-refractivity contribution in [3.8, 4) is 0 Å². The molecule has 0 unspecified atom stereocenters. The van der Waals surface area contributed by atoms with Crippen LogP contribution in [0, 0.1) is 3.57 Å². The average molecular weight is 369 g/mol. The van der Waals surface area contributed by atoms with Crippen molar-refractivity contribution >= 4 is 28.5 Å². The van der Waals surface area contributed by atoms with Gasteiger partial charge in [0.15, 0.2) is 0 Å². The van der Waals surface area contributed by atoms with Crippen LogP contribution in [-0.4, -0.2) is 23.9 Å². The highest BCUT2D eigenvalue weighted by Gasteiger charge is 2.34. The highest BCUT2D eigenvalue weighted by molar-refractivity contribution is 14.1. The lowest BCUT2D eigenvalue weighted by Gasteiger charge is -2.17. The van der Waals surface area contributed by atoms with Crippen LogP contribution in [0.25, 0.3) is 0 Å². The molecule has 0 bridgehead atoms. The van der Waals surface area contributed by atoms with E-state index in [9.17, 15) is 18.0 Å². The average Bonchev–Trinajstić information content (AvgIpc) is 3.08. The minimum atomic E-state index is -4.42. The largest absolute Gasteiger partial charge is 0.416 e. The van der Waals surface area contributed by atoms with Crippen molar-refractivity contribution in [2.75, 3.05) is 7.05 Å². The van der Waals surface area contributed by atoms with E-state index in [2.05, 4.69) is 0 Å². The Labute approximate surface area is 116 Å². The first-order valence-electron chi connectivity index (χ1n) is 5.44. The van der Waals surface area contributed by atoms with Crippen LogP contribution in [0.5, 0.6) is 0 Å². The topological polar surface area (TPSA) is 20.3 Å². The number of rotatable bonds is 2. The van der Waals surface area contributed by atoms with Gasteiger partial charge in [-0.25, -0.2) is 0 Å². The number of hydrogen-bond donors (Lipinski definition) is 0. The third kappa shape index (κ3) is 2.96. The number of alkyl halides is 3. The molecule has 0 aliphatic heterocycles. The van der Waals surface area contributed by atoms with E-state index < -0.39 is 11.7 Å². The number of carbonyl (C=O) groups is 1. The number of hydrogen-bond acceptors (Lipinski definition) is 1. The van der Waals surface area contributed by atoms with E-state index in [1.54, 1.807) is 29.6 Å². The molecule has 98 valence electrons. The molecule has 1 aromatic rings. The molecule has 1 amide bonds. The lowest BCUT2D eigenvalue weighted by Crippen LogP contribution is -2.29. The molecule has 18 heavy (non-hydrogen) atoms. The summed E-state index contributed by atoms with van der Waals surface area (Å²) in [5.74, 6) is -0.346. The van der Waals surface area contributed by atoms with E-state index in [1.807, 2.05) is 0 Å². The van der Waals surface area contributed by atoms with Crippen molar-refractivity contribution in [2.24, 2.45) is 0 Å². The summed E-state index contributed by atoms with van der Waals surface area (Å²) in [4.78, 5) is 13.5. The van der Waals surface area contributed by atoms with Crippen LogP contribution in [0.1, 0.15) is 28.8 Å². The van der Waals surface area contributed by atoms with Crippen molar-refractivity contribution in [1.82, 2.24) is 4.90 Å². The fourth-order valence-corrected chi connectivity index (χ4v) is 2.38. The summed E-state index contributed by atoms with van der Waals surface area (Å²) in [5, 5.41) is 0. The van der Waals surface area contributed by atoms with Gasteiger partial charge in [-0.2, -0.15) is 13.2 Å². The molecule has 0 aromatic heterocycles. The zero-order chi connectivity index (χ0) is 13.5. The molecule has 0 heterocycles. The second kappa shape index (κ2) is 4.71. The smallest absolute Gasteiger partial charge is 0.339 e. The number of carbonyl (C=O) groups excluding carboxylic acids is 1. The Balaban J connectivity index is 2.32. The molecule has 1 fully saturated rings. The summed E-state index contributed by atoms with van der Waals surface area (Å²) in [5.41, 5.74) is -0.675. The summed E-state index contributed by atoms with van der Waals surface area (Å²) in [7, 11) is 1.63. The van der Waals surface area contributed by atoms with Gasteiger partial charge in [0.05, 0.1) is 5.56 Å². The van der Waals surface area contributed by atoms with E-state index in [1.165, 1.54) is 11.0 Å². The minimum Gasteiger partial charge on any atom is -0.339 e. The van der Waals surface area contributed by atoms with Crippen LogP contribution in [0.3, 0.4) is 0 Å². The zero-order valence-electron chi connectivity index (χ0n) is 9.59. The summed E-state index contributed by atoms with van der Waals surface area (Å²) >= 11 is 1.79. The SMILES string of the molecule is CN(C(=O)c1cc(I)cc(C(F)(F)F)c1)C1CC1. The van der Waals surface area contributed by atoms with Gasteiger partial charge < -0.3 is 4.90 Å². The van der Waals surface area contributed by atoms with Crippen LogP contribution in [0.4, 0.5) is 13.2 Å². The summed E-state index contributed by atoms with van der Waals surface area (Å²) < 4.78 is 38.4. The fraction of sp³-hybridized carbons (Fsp3) is 0.417. The first kappa shape index (κ1) is 13.6. The molecule has 0 atom stereocenters. The molecule has 2 rings (SSSR count). The van der Waals surface area contributed by atoms with Crippen molar-refractivity contribution in [3.63, 3.8) is 0 Å². The molecule has 1 aliphatic rings. The van der Waals surface area contributed by atoms with Crippen LogP contribution in [-0.2, 0) is 6.18 Å². The van der Waals surface area contributed by atoms with Gasteiger partial charge in [-0.3, -0.25) is 4.79 Å². The van der Waals surface area contributed by atoms with E-state index in [-0.39, 0.29) is 17.5 Å². The summed E-state index contributed by atoms with van der Waals surface area (Å²) in [6.07, 6.45) is -2.56. The molecule has 0 radical (unpaired) electrons. The predicted octanol–water partition coefficient (Wildman–Crippen LogP) is 3.54. The maximum Gasteiger partial charge on any atom is 0.416 e. The van der Waals surface area contributed by atoms with Gasteiger partial charge >= 0.3 is 6.18 Å². The molecule has 0 N–H and O–H groups in total. The van der Waals surface area contributed by atoms with E-state index >= 15 is 0 Å². The lowest BCUT2D eigenvalue weighted by molar-refractivity contribution is -0.137. The van der Waals surface area contributed by atoms with Gasteiger partial charge in [-0.05, 0) is 53.6 Å². The molecule has 0 spiro atoms. The molecular weight excluding hydrogens is 358 g/mol. The Bertz CT molecular complexity index is 483. The Morgan fingerprint density at radius 3 is 2.44 bits per heavy atom. The van der Waals surface area contributed by atoms with Crippen molar-refractivity contribution in [2.45, 2.75) is 25.1 Å². The first-order valence-corrected chi connectivity index (χ1v) is 6.52. The molecule has 1 saturated carbocycles. The van der Waals surface area contributed by atoms with Gasteiger partial charge in [0.25, 0.3) is 5.91 Å². The second-order valence-corrected chi connectivity index (χ2v) is 5.62. The quantitative estimate of drug-likeness (QED) is 0.731. The van der Waals surface area contributed by atoms with E-state index in [0.29, 0.717) is 3.57 Å². The van der Waals surface area contributed by atoms with Crippen molar-refractivity contribution < 1.29 is 18.0 Å². The summed E-state index contributed by atoms with van der Waals surface area (Å²) in [6.45, 7) is 0. The molecule has 6 heteroatoms. The maximum atomic E-state index is 12.7. The van der Waals surface area contributed by atoms with Crippen LogP contribution >= 0.6 is 22.6 Å². The van der Waals surface area contributed by atoms with Crippen molar-refractivity contribution in [3.05, 3.63) is 32.9 Å². The summed E-state index contributed by atoms with van der Waals surface area (Å²) in [6, 6.07) is 3.62. The minimum absolute atomic E-state index is 0.101. The molecule has 2 nitrogen and oxygen atoms in total. The van der Waals surface area contributed by atoms with Gasteiger partial charge in [-0.15, -0.1) is 0 Å². The number of nitrogens with zero attached hydrogens (tertiary/aromatic N) is 1. The highest BCUT2D eigenvalue weighted by Crippen LogP contribution is 2.32. The van der Waals surface area contributed by atoms with E-state index in [0.717, 1.165) is 25.0 Å². The first-order chi connectivity index (χ1) is 8.29. The third-order valence-corrected chi connectivity index (χ3v) is 3.51. The standard InChI is InChI=1S/C12H11F3INO/c1-17(10-2-3-10)11(18)7-4-8(12(13,14)15)6-9(16)5-7/h4-6,10H,2-3H2,1H3. The van der Waals surface area contributed by atoms with Crippen molar-refractivity contribution in [1.29, 1.82) is 0 Å². The monoisotopic (exact) mass is 369 g/mol. The molecule has 1 aliphatic carbocycles. The second-order valence-electron chi connectivity index (χ2n) is 4.37. The Hall–Kier alpha value is -0.790. The van der Waals surface area contributed by atoms with E-state index in [4.69, 9.17) is 0 Å². The Morgan fingerprint density at radius 2 is 1.94 bits per heavy atom. The Morgan fingerprint density at radius 1 is 1.33 bits per heavy atom. The fourth-order valence-electron chi connectivity index (χ4n) is 1.71.